The Morgan fingerprint density at radius 2 is 1.72 bits per heavy atom. The highest BCUT2D eigenvalue weighted by atomic mass is 79.9. The molecule has 1 aromatic rings. The summed E-state index contributed by atoms with van der Waals surface area (Å²) in [5, 5.41) is 10.3. The van der Waals surface area contributed by atoms with E-state index in [2.05, 4.69) is 47.8 Å². The van der Waals surface area contributed by atoms with E-state index in [1.807, 2.05) is 38.1 Å². The zero-order valence-electron chi connectivity index (χ0n) is 26.0. The van der Waals surface area contributed by atoms with Gasteiger partial charge in [0.1, 0.15) is 6.04 Å². The van der Waals surface area contributed by atoms with Gasteiger partial charge in [-0.1, -0.05) is 41.9 Å². The summed E-state index contributed by atoms with van der Waals surface area (Å²) in [6, 6.07) is 6.59. The second-order valence-corrected chi connectivity index (χ2v) is 14.4. The average molecular weight is 676 g/mol. The Bertz CT molecular complexity index is 1190. The van der Waals surface area contributed by atoms with Gasteiger partial charge in [-0.3, -0.25) is 14.4 Å². The van der Waals surface area contributed by atoms with Crippen molar-refractivity contribution in [2.24, 2.45) is 11.8 Å². The fourth-order valence-corrected chi connectivity index (χ4v) is 11.0. The Balaban J connectivity index is 1.80. The number of hydrogen-bond donors (Lipinski definition) is 1. The number of carbonyl (C=O) groups is 3. The first-order valence-corrected chi connectivity index (χ1v) is 17.4. The summed E-state index contributed by atoms with van der Waals surface area (Å²) in [7, 11) is 0. The van der Waals surface area contributed by atoms with E-state index in [9.17, 15) is 19.5 Å². The Morgan fingerprint density at radius 1 is 1.09 bits per heavy atom. The molecule has 0 aliphatic carbocycles. The van der Waals surface area contributed by atoms with Crippen LogP contribution in [0, 0.1) is 11.8 Å². The third-order valence-corrected chi connectivity index (χ3v) is 12.6. The van der Waals surface area contributed by atoms with Gasteiger partial charge in [0.05, 0.1) is 29.2 Å². The molecule has 3 heterocycles. The quantitative estimate of drug-likeness (QED) is 0.214. The first kappa shape index (κ1) is 33.6. The van der Waals surface area contributed by atoms with Gasteiger partial charge in [-0.25, -0.2) is 0 Å². The van der Waals surface area contributed by atoms with Crippen LogP contribution in [0.4, 0.5) is 11.4 Å². The van der Waals surface area contributed by atoms with E-state index in [0.29, 0.717) is 25.9 Å². The number of fused-ring (bicyclic) bond motifs is 1. The molecule has 3 saturated heterocycles. The fraction of sp³-hybridized carbons (Fsp3) is 0.606. The number of thioether (sulfide) groups is 1. The molecule has 2 bridgehead atoms. The van der Waals surface area contributed by atoms with Crippen molar-refractivity contribution in [3.8, 4) is 0 Å². The van der Waals surface area contributed by atoms with Gasteiger partial charge in [-0.15, -0.1) is 24.9 Å². The third-order valence-electron chi connectivity index (χ3n) is 9.34. The average Bonchev–Trinajstić information content (AvgIpc) is 3.60. The van der Waals surface area contributed by atoms with E-state index in [4.69, 9.17) is 0 Å². The van der Waals surface area contributed by atoms with Gasteiger partial charge >= 0.3 is 0 Å². The van der Waals surface area contributed by atoms with Gasteiger partial charge in [-0.05, 0) is 57.4 Å². The smallest absolute Gasteiger partial charge is 0.251 e. The molecule has 3 amide bonds. The van der Waals surface area contributed by atoms with Crippen LogP contribution in [0.25, 0.3) is 0 Å². The van der Waals surface area contributed by atoms with E-state index in [1.165, 1.54) is 0 Å². The maximum absolute atomic E-state index is 14.9. The van der Waals surface area contributed by atoms with Crippen molar-refractivity contribution in [1.82, 2.24) is 9.80 Å². The van der Waals surface area contributed by atoms with E-state index in [0.717, 1.165) is 30.9 Å². The minimum absolute atomic E-state index is 0.0200. The summed E-state index contributed by atoms with van der Waals surface area (Å²) in [4.78, 5) is 50.9. The van der Waals surface area contributed by atoms with Gasteiger partial charge < -0.3 is 24.7 Å². The number of aliphatic hydroxyl groups excluding tert-OH is 1. The lowest BCUT2D eigenvalue weighted by Crippen LogP contribution is -2.58. The number of carbonyl (C=O) groups excluding carboxylic acids is 3. The highest BCUT2D eigenvalue weighted by Gasteiger charge is 2.76. The summed E-state index contributed by atoms with van der Waals surface area (Å²) in [6.07, 6.45) is 5.31. The molecule has 1 aromatic carbocycles. The van der Waals surface area contributed by atoms with Crippen LogP contribution in [0.2, 0.25) is 0 Å². The summed E-state index contributed by atoms with van der Waals surface area (Å²) >= 11 is 5.49. The van der Waals surface area contributed by atoms with E-state index in [-0.39, 0.29) is 41.0 Å². The first-order chi connectivity index (χ1) is 20.7. The van der Waals surface area contributed by atoms with Gasteiger partial charge in [0, 0.05) is 54.2 Å². The van der Waals surface area contributed by atoms with Gasteiger partial charge in [-0.2, -0.15) is 0 Å². The Hall–Kier alpha value is -2.30. The molecule has 7 atom stereocenters. The highest BCUT2D eigenvalue weighted by Crippen LogP contribution is 2.68. The standard InChI is InChI=1S/C33H47BrN4O4S/c1-7-17-36(18-8-2)30(40)26-27-31(41)38(22(10-4)21-39)29(33(27)20-25(34)28(26)43-33)32(42)37(19-9-3)24-15-13-23(14-16-24)35(11-5)12-6/h7,9,13-16,22,25-29,39H,1,3,8,10-12,17-21H2,2,4-6H3/t22-,25?,26+,27-,28+,29?,33?/m0/s1. The zero-order valence-corrected chi connectivity index (χ0v) is 28.4. The maximum atomic E-state index is 14.9. The number of nitrogens with zero attached hydrogens (tertiary/aromatic N) is 4. The van der Waals surface area contributed by atoms with E-state index in [1.54, 1.807) is 38.6 Å². The van der Waals surface area contributed by atoms with Crippen molar-refractivity contribution in [2.75, 3.05) is 49.1 Å². The predicted octanol–water partition coefficient (Wildman–Crippen LogP) is 4.71. The lowest BCUT2D eigenvalue weighted by atomic mass is 9.70. The number of anilines is 2. The number of likely N-dealkylation sites (tertiary alicyclic amines) is 1. The van der Waals surface area contributed by atoms with Crippen molar-refractivity contribution in [3.05, 3.63) is 49.6 Å². The number of alkyl halides is 1. The Morgan fingerprint density at radius 3 is 2.26 bits per heavy atom. The molecule has 0 saturated carbocycles. The van der Waals surface area contributed by atoms with Crippen molar-refractivity contribution in [3.63, 3.8) is 0 Å². The number of halogens is 1. The van der Waals surface area contributed by atoms with E-state index < -0.39 is 28.7 Å². The normalized spacial score (nSPS) is 28.0. The van der Waals surface area contributed by atoms with Gasteiger partial charge in [0.15, 0.2) is 0 Å². The van der Waals surface area contributed by atoms with Crippen molar-refractivity contribution < 1.29 is 19.5 Å². The minimum Gasteiger partial charge on any atom is -0.394 e. The molecule has 10 heteroatoms. The van der Waals surface area contributed by atoms with Crippen molar-refractivity contribution in [2.45, 2.75) is 73.9 Å². The molecule has 236 valence electrons. The Kier molecular flexibility index (Phi) is 11.1. The molecule has 3 fully saturated rings. The molecule has 0 aromatic heterocycles. The molecule has 3 unspecified atom stereocenters. The number of rotatable bonds is 15. The fourth-order valence-electron chi connectivity index (χ4n) is 7.40. The van der Waals surface area contributed by atoms with Crippen LogP contribution in [0.3, 0.4) is 0 Å². The summed E-state index contributed by atoms with van der Waals surface area (Å²) in [5.41, 5.74) is 1.80. The molecule has 3 aliphatic rings. The number of hydrogen-bond acceptors (Lipinski definition) is 6. The van der Waals surface area contributed by atoms with Crippen LogP contribution in [-0.4, -0.2) is 98.9 Å². The maximum Gasteiger partial charge on any atom is 0.251 e. The SMILES string of the molecule is C=CCN(CCC)C(=O)[C@H]1[C@@H]2SC3(CC2Br)C(C(=O)N(CC=C)c2ccc(N(CC)CC)cc2)N([C@@H](CC)CO)C(=O)[C@H]13. The number of benzene rings is 1. The molecule has 0 radical (unpaired) electrons. The van der Waals surface area contributed by atoms with Crippen LogP contribution in [0.15, 0.2) is 49.6 Å². The van der Waals surface area contributed by atoms with Crippen molar-refractivity contribution in [1.29, 1.82) is 0 Å². The minimum atomic E-state index is -0.823. The molecule has 8 nitrogen and oxygen atoms in total. The Labute approximate surface area is 269 Å². The molecule has 1 N–H and O–H groups in total. The topological polar surface area (TPSA) is 84.4 Å². The monoisotopic (exact) mass is 674 g/mol. The molecule has 3 aliphatic heterocycles. The molecule has 43 heavy (non-hydrogen) atoms. The molecular formula is C33H47BrN4O4S. The summed E-state index contributed by atoms with van der Waals surface area (Å²) < 4.78 is -0.789. The molecule has 4 rings (SSSR count). The van der Waals surface area contributed by atoms with Crippen LogP contribution in [0.1, 0.15) is 47.0 Å². The van der Waals surface area contributed by atoms with Gasteiger partial charge in [0.2, 0.25) is 11.8 Å². The van der Waals surface area contributed by atoms with E-state index >= 15 is 0 Å². The van der Waals surface area contributed by atoms with Crippen LogP contribution >= 0.6 is 27.7 Å². The van der Waals surface area contributed by atoms with Gasteiger partial charge in [0.25, 0.3) is 5.91 Å². The number of aliphatic hydroxyl groups is 1. The lowest BCUT2D eigenvalue weighted by molar-refractivity contribution is -0.145. The summed E-state index contributed by atoms with van der Waals surface area (Å²) in [6.45, 7) is 18.7. The lowest BCUT2D eigenvalue weighted by Gasteiger charge is -2.40. The zero-order chi connectivity index (χ0) is 31.5. The largest absolute Gasteiger partial charge is 0.394 e. The first-order valence-electron chi connectivity index (χ1n) is 15.6. The summed E-state index contributed by atoms with van der Waals surface area (Å²) in [5.74, 6) is -1.64. The molecule has 1 spiro atoms. The van der Waals surface area contributed by atoms with Crippen LogP contribution in [0.5, 0.6) is 0 Å². The second kappa shape index (κ2) is 14.2. The number of amides is 3. The van der Waals surface area contributed by atoms with Crippen LogP contribution in [-0.2, 0) is 14.4 Å². The predicted molar refractivity (Wildman–Crippen MR) is 180 cm³/mol. The van der Waals surface area contributed by atoms with Crippen molar-refractivity contribution >= 4 is 56.8 Å². The van der Waals surface area contributed by atoms with Crippen LogP contribution < -0.4 is 9.80 Å². The third kappa shape index (κ3) is 5.79. The molecular weight excluding hydrogens is 628 g/mol. The highest BCUT2D eigenvalue weighted by molar-refractivity contribution is 9.09. The second-order valence-electron chi connectivity index (χ2n) is 11.7.